The van der Waals surface area contributed by atoms with Crippen LogP contribution in [0.25, 0.3) is 0 Å². The van der Waals surface area contributed by atoms with Gasteiger partial charge in [-0.25, -0.2) is 9.18 Å². The Morgan fingerprint density at radius 2 is 2.20 bits per heavy atom. The molecule has 0 aliphatic heterocycles. The molecule has 0 saturated heterocycles. The molecule has 0 saturated carbocycles. The molecule has 0 aliphatic rings. The molecule has 0 amide bonds. The third kappa shape index (κ3) is 3.11. The van der Waals surface area contributed by atoms with E-state index in [0.717, 1.165) is 17.8 Å². The lowest BCUT2D eigenvalue weighted by Crippen LogP contribution is -2.08. The number of hydrogen-bond donors (Lipinski definition) is 1. The van der Waals surface area contributed by atoms with Crippen LogP contribution in [0.4, 0.5) is 4.39 Å². The first kappa shape index (κ1) is 14.4. The van der Waals surface area contributed by atoms with E-state index >= 15 is 0 Å². The molecule has 0 fully saturated rings. The monoisotopic (exact) mass is 296 g/mol. The molecule has 1 aromatic carbocycles. The Morgan fingerprint density at radius 1 is 1.45 bits per heavy atom. The maximum absolute atomic E-state index is 13.3. The van der Waals surface area contributed by atoms with Crippen LogP contribution in [-0.4, -0.2) is 30.8 Å². The minimum Gasteiger partial charge on any atom is -0.478 e. The van der Waals surface area contributed by atoms with E-state index in [2.05, 4.69) is 5.10 Å². The van der Waals surface area contributed by atoms with Gasteiger partial charge in [0.25, 0.3) is 0 Å². The summed E-state index contributed by atoms with van der Waals surface area (Å²) in [7, 11) is 0.408. The zero-order valence-electron chi connectivity index (χ0n) is 10.7. The molecule has 1 unspecified atom stereocenters. The molecule has 2 rings (SSSR count). The molecule has 7 heteroatoms. The predicted octanol–water partition coefficient (Wildman–Crippen LogP) is 1.61. The first-order chi connectivity index (χ1) is 9.49. The molecule has 0 spiro atoms. The number of aromatic carboxylic acids is 1. The summed E-state index contributed by atoms with van der Waals surface area (Å²) >= 11 is 0. The minimum atomic E-state index is -1.38. The summed E-state index contributed by atoms with van der Waals surface area (Å²) < 4.78 is 27.0. The van der Waals surface area contributed by atoms with E-state index in [-0.39, 0.29) is 0 Å². The zero-order valence-corrected chi connectivity index (χ0v) is 11.6. The van der Waals surface area contributed by atoms with E-state index in [4.69, 9.17) is 5.11 Å². The molecule has 0 radical (unpaired) electrons. The topological polar surface area (TPSA) is 72.2 Å². The number of carboxylic acids is 1. The zero-order chi connectivity index (χ0) is 14.7. The summed E-state index contributed by atoms with van der Waals surface area (Å²) in [5.74, 6) is -1.87. The quantitative estimate of drug-likeness (QED) is 0.910. The molecular weight excluding hydrogens is 283 g/mol. The number of hydrogen-bond acceptors (Lipinski definition) is 3. The van der Waals surface area contributed by atoms with Crippen molar-refractivity contribution in [3.8, 4) is 0 Å². The van der Waals surface area contributed by atoms with Crippen molar-refractivity contribution in [2.24, 2.45) is 7.05 Å². The van der Waals surface area contributed by atoms with Gasteiger partial charge in [-0.2, -0.15) is 5.10 Å². The Hall–Kier alpha value is -2.02. The number of halogens is 1. The Bertz CT molecular complexity index is 669. The lowest BCUT2D eigenvalue weighted by molar-refractivity contribution is 0.0691. The van der Waals surface area contributed by atoms with Crippen molar-refractivity contribution in [1.29, 1.82) is 0 Å². The highest BCUT2D eigenvalue weighted by Crippen LogP contribution is 2.15. The summed E-state index contributed by atoms with van der Waals surface area (Å²) in [6, 6.07) is 5.32. The average molecular weight is 296 g/mol. The van der Waals surface area contributed by atoms with Gasteiger partial charge in [0, 0.05) is 36.0 Å². The molecule has 0 bridgehead atoms. The fourth-order valence-electron chi connectivity index (χ4n) is 1.77. The lowest BCUT2D eigenvalue weighted by Gasteiger charge is -2.05. The normalized spacial score (nSPS) is 12.3. The van der Waals surface area contributed by atoms with Crippen LogP contribution in [0, 0.1) is 5.82 Å². The van der Waals surface area contributed by atoms with Crippen molar-refractivity contribution in [3.63, 3.8) is 0 Å². The molecular formula is C13H13FN2O3S. The SMILES string of the molecule is Cn1nccc1CCS(=O)c1ccc(F)c(C(=O)O)c1. The van der Waals surface area contributed by atoms with Gasteiger partial charge in [-0.3, -0.25) is 8.89 Å². The maximum Gasteiger partial charge on any atom is 0.338 e. The first-order valence-electron chi connectivity index (χ1n) is 5.87. The Kier molecular flexibility index (Phi) is 4.29. The van der Waals surface area contributed by atoms with Crippen LogP contribution >= 0.6 is 0 Å². The number of carbonyl (C=O) groups is 1. The van der Waals surface area contributed by atoms with Gasteiger partial charge in [-0.05, 0) is 24.3 Å². The fraction of sp³-hybridized carbons (Fsp3) is 0.231. The Morgan fingerprint density at radius 3 is 2.80 bits per heavy atom. The van der Waals surface area contributed by atoms with Gasteiger partial charge in [0.1, 0.15) is 5.82 Å². The molecule has 5 nitrogen and oxygen atoms in total. The third-order valence-corrected chi connectivity index (χ3v) is 4.25. The molecule has 1 N–H and O–H groups in total. The van der Waals surface area contributed by atoms with Gasteiger partial charge in [0.15, 0.2) is 0 Å². The van der Waals surface area contributed by atoms with Crippen molar-refractivity contribution in [3.05, 3.63) is 47.5 Å². The van der Waals surface area contributed by atoms with Crippen LogP contribution < -0.4 is 0 Å². The highest BCUT2D eigenvalue weighted by Gasteiger charge is 2.14. The van der Waals surface area contributed by atoms with Crippen molar-refractivity contribution in [2.75, 3.05) is 5.75 Å². The summed E-state index contributed by atoms with van der Waals surface area (Å²) in [5, 5.41) is 12.8. The summed E-state index contributed by atoms with van der Waals surface area (Å²) in [5.41, 5.74) is 0.468. The van der Waals surface area contributed by atoms with Gasteiger partial charge < -0.3 is 5.11 Å². The van der Waals surface area contributed by atoms with Crippen LogP contribution in [0.15, 0.2) is 35.4 Å². The van der Waals surface area contributed by atoms with Crippen LogP contribution in [0.3, 0.4) is 0 Å². The van der Waals surface area contributed by atoms with Gasteiger partial charge in [0.05, 0.1) is 16.4 Å². The second-order valence-electron chi connectivity index (χ2n) is 4.19. The number of aryl methyl sites for hydroxylation is 2. The van der Waals surface area contributed by atoms with E-state index < -0.39 is 28.1 Å². The van der Waals surface area contributed by atoms with Crippen LogP contribution in [0.1, 0.15) is 16.1 Å². The first-order valence-corrected chi connectivity index (χ1v) is 7.19. The Balaban J connectivity index is 2.12. The predicted molar refractivity (Wildman–Crippen MR) is 71.5 cm³/mol. The summed E-state index contributed by atoms with van der Waals surface area (Å²) in [4.78, 5) is 11.1. The molecule has 1 atom stereocenters. The van der Waals surface area contributed by atoms with E-state index in [1.165, 1.54) is 6.07 Å². The molecule has 0 aliphatic carbocycles. The molecule has 1 aromatic heterocycles. The number of benzene rings is 1. The molecule has 1 heterocycles. The lowest BCUT2D eigenvalue weighted by atomic mass is 10.2. The Labute approximate surface area is 117 Å². The second kappa shape index (κ2) is 5.96. The number of carboxylic acid groups (broad SMARTS) is 1. The van der Waals surface area contributed by atoms with E-state index in [0.29, 0.717) is 17.1 Å². The van der Waals surface area contributed by atoms with Crippen molar-refractivity contribution in [2.45, 2.75) is 11.3 Å². The number of aromatic nitrogens is 2. The van der Waals surface area contributed by atoms with E-state index in [1.807, 2.05) is 6.07 Å². The number of rotatable bonds is 5. The van der Waals surface area contributed by atoms with Crippen molar-refractivity contribution in [1.82, 2.24) is 9.78 Å². The largest absolute Gasteiger partial charge is 0.478 e. The maximum atomic E-state index is 13.3. The molecule has 20 heavy (non-hydrogen) atoms. The summed E-state index contributed by atoms with van der Waals surface area (Å²) in [6.45, 7) is 0. The van der Waals surface area contributed by atoms with Gasteiger partial charge in [0.2, 0.25) is 0 Å². The molecule has 106 valence electrons. The van der Waals surface area contributed by atoms with E-state index in [9.17, 15) is 13.4 Å². The van der Waals surface area contributed by atoms with Crippen LogP contribution in [0.5, 0.6) is 0 Å². The van der Waals surface area contributed by atoms with Gasteiger partial charge in [-0.15, -0.1) is 0 Å². The number of nitrogens with zero attached hydrogens (tertiary/aromatic N) is 2. The average Bonchev–Trinajstić information content (AvgIpc) is 2.81. The van der Waals surface area contributed by atoms with Gasteiger partial charge >= 0.3 is 5.97 Å². The molecule has 2 aromatic rings. The van der Waals surface area contributed by atoms with E-state index in [1.54, 1.807) is 17.9 Å². The van der Waals surface area contributed by atoms with Crippen molar-refractivity contribution >= 4 is 16.8 Å². The smallest absolute Gasteiger partial charge is 0.338 e. The second-order valence-corrected chi connectivity index (χ2v) is 5.76. The third-order valence-electron chi connectivity index (χ3n) is 2.90. The van der Waals surface area contributed by atoms with Gasteiger partial charge in [-0.1, -0.05) is 0 Å². The van der Waals surface area contributed by atoms with Crippen LogP contribution in [0.2, 0.25) is 0 Å². The van der Waals surface area contributed by atoms with Crippen LogP contribution in [-0.2, 0) is 24.3 Å². The van der Waals surface area contributed by atoms with Crippen molar-refractivity contribution < 1.29 is 18.5 Å². The fourth-order valence-corrected chi connectivity index (χ4v) is 2.87. The standard InChI is InChI=1S/C13H13FN2O3S/c1-16-9(4-6-15-16)5-7-20(19)10-2-3-12(14)11(8-10)13(17)18/h2-4,6,8H,5,7H2,1H3,(H,17,18). The summed E-state index contributed by atoms with van der Waals surface area (Å²) in [6.07, 6.45) is 2.20. The highest BCUT2D eigenvalue weighted by molar-refractivity contribution is 7.85. The minimum absolute atomic E-state index is 0.311. The highest BCUT2D eigenvalue weighted by atomic mass is 32.2.